The van der Waals surface area contributed by atoms with E-state index in [9.17, 15) is 0 Å². The van der Waals surface area contributed by atoms with Crippen LogP contribution in [0.5, 0.6) is 0 Å². The van der Waals surface area contributed by atoms with E-state index in [0.29, 0.717) is 5.92 Å². The molecule has 0 aliphatic rings. The van der Waals surface area contributed by atoms with Crippen molar-refractivity contribution in [2.75, 3.05) is 13.1 Å². The van der Waals surface area contributed by atoms with Gasteiger partial charge in [0.2, 0.25) is 0 Å². The zero-order valence-electron chi connectivity index (χ0n) is 11.7. The molecule has 0 aliphatic carbocycles. The molecule has 1 N–H and O–H groups in total. The van der Waals surface area contributed by atoms with Gasteiger partial charge >= 0.3 is 0 Å². The van der Waals surface area contributed by atoms with Crippen LogP contribution < -0.4 is 5.32 Å². The number of rotatable bonds is 7. The van der Waals surface area contributed by atoms with Crippen molar-refractivity contribution in [3.63, 3.8) is 0 Å². The van der Waals surface area contributed by atoms with Gasteiger partial charge in [0.25, 0.3) is 0 Å². The fourth-order valence-corrected chi connectivity index (χ4v) is 2.30. The molecule has 102 valence electrons. The van der Waals surface area contributed by atoms with Crippen LogP contribution in [0.15, 0.2) is 36.5 Å². The molecule has 0 radical (unpaired) electrons. The Balaban J connectivity index is 1.99. The minimum atomic E-state index is 0.555. The van der Waals surface area contributed by atoms with E-state index in [1.807, 2.05) is 13.2 Å². The number of hydrogen-bond acceptors (Lipinski definition) is 3. The largest absolute Gasteiger partial charge is 0.317 e. The Labute approximate surface area is 114 Å². The first kappa shape index (κ1) is 13.7. The van der Waals surface area contributed by atoms with Crippen LogP contribution in [0, 0.1) is 5.92 Å². The van der Waals surface area contributed by atoms with Crippen LogP contribution in [0.3, 0.4) is 0 Å². The topological polar surface area (TPSA) is 42.7 Å². The molecular formula is C15H22N4. The highest BCUT2D eigenvalue weighted by molar-refractivity contribution is 5.15. The van der Waals surface area contributed by atoms with E-state index >= 15 is 0 Å². The molecule has 0 saturated carbocycles. The van der Waals surface area contributed by atoms with E-state index < -0.39 is 0 Å². The van der Waals surface area contributed by atoms with Crippen LogP contribution in [-0.2, 0) is 19.9 Å². The lowest BCUT2D eigenvalue weighted by molar-refractivity contribution is 0.473. The van der Waals surface area contributed by atoms with Crippen LogP contribution in [0.4, 0.5) is 0 Å². The molecule has 2 aromatic rings. The van der Waals surface area contributed by atoms with E-state index in [1.165, 1.54) is 5.56 Å². The molecule has 19 heavy (non-hydrogen) atoms. The number of nitrogens with zero attached hydrogens (tertiary/aromatic N) is 3. The number of aryl methyl sites for hydroxylation is 1. The summed E-state index contributed by atoms with van der Waals surface area (Å²) in [7, 11) is 1.91. The van der Waals surface area contributed by atoms with E-state index in [1.54, 1.807) is 4.68 Å². The molecule has 2 rings (SSSR count). The van der Waals surface area contributed by atoms with Gasteiger partial charge in [-0.1, -0.05) is 42.5 Å². The maximum atomic E-state index is 4.19. The van der Waals surface area contributed by atoms with Gasteiger partial charge in [0.1, 0.15) is 0 Å². The third-order valence-corrected chi connectivity index (χ3v) is 3.20. The van der Waals surface area contributed by atoms with Crippen LogP contribution in [0.2, 0.25) is 0 Å². The molecule has 0 aliphatic heterocycles. The Hall–Kier alpha value is -1.68. The van der Waals surface area contributed by atoms with Gasteiger partial charge in [-0.15, -0.1) is 5.10 Å². The molecule has 4 heteroatoms. The van der Waals surface area contributed by atoms with Gasteiger partial charge < -0.3 is 5.32 Å². The molecule has 0 bridgehead atoms. The normalized spacial score (nSPS) is 12.5. The number of benzene rings is 1. The average molecular weight is 258 g/mol. The van der Waals surface area contributed by atoms with Crippen molar-refractivity contribution in [1.82, 2.24) is 20.3 Å². The minimum Gasteiger partial charge on any atom is -0.317 e. The summed E-state index contributed by atoms with van der Waals surface area (Å²) >= 11 is 0. The first-order valence-electron chi connectivity index (χ1n) is 6.87. The Morgan fingerprint density at radius 2 is 2.00 bits per heavy atom. The molecule has 0 spiro atoms. The monoisotopic (exact) mass is 258 g/mol. The van der Waals surface area contributed by atoms with Gasteiger partial charge in [-0.25, -0.2) is 0 Å². The Kier molecular flexibility index (Phi) is 5.10. The molecule has 1 aromatic carbocycles. The fourth-order valence-electron chi connectivity index (χ4n) is 2.30. The van der Waals surface area contributed by atoms with Gasteiger partial charge in [-0.05, 0) is 37.4 Å². The highest BCUT2D eigenvalue weighted by atomic mass is 15.4. The van der Waals surface area contributed by atoms with Gasteiger partial charge in [0.05, 0.1) is 5.69 Å². The van der Waals surface area contributed by atoms with Crippen LogP contribution in [0.1, 0.15) is 18.2 Å². The summed E-state index contributed by atoms with van der Waals surface area (Å²) < 4.78 is 1.77. The summed E-state index contributed by atoms with van der Waals surface area (Å²) in [5, 5.41) is 11.6. The van der Waals surface area contributed by atoms with Crippen molar-refractivity contribution in [2.24, 2.45) is 13.0 Å². The van der Waals surface area contributed by atoms with Crippen LogP contribution in [0.25, 0.3) is 0 Å². The maximum Gasteiger partial charge on any atom is 0.0830 e. The summed E-state index contributed by atoms with van der Waals surface area (Å²) in [5.74, 6) is 0.555. The van der Waals surface area contributed by atoms with Crippen molar-refractivity contribution >= 4 is 0 Å². The van der Waals surface area contributed by atoms with E-state index in [2.05, 4.69) is 52.9 Å². The zero-order chi connectivity index (χ0) is 13.5. The summed E-state index contributed by atoms with van der Waals surface area (Å²) in [5.41, 5.74) is 2.45. The quantitative estimate of drug-likeness (QED) is 0.824. The smallest absolute Gasteiger partial charge is 0.0830 e. The van der Waals surface area contributed by atoms with Gasteiger partial charge in [0, 0.05) is 13.2 Å². The second kappa shape index (κ2) is 7.04. The molecule has 1 aromatic heterocycles. The van der Waals surface area contributed by atoms with Crippen molar-refractivity contribution in [3.8, 4) is 0 Å². The summed E-state index contributed by atoms with van der Waals surface area (Å²) in [6.07, 6.45) is 4.05. The summed E-state index contributed by atoms with van der Waals surface area (Å²) in [4.78, 5) is 0. The zero-order valence-corrected chi connectivity index (χ0v) is 11.7. The highest BCUT2D eigenvalue weighted by Crippen LogP contribution is 2.12. The average Bonchev–Trinajstić information content (AvgIpc) is 2.82. The molecule has 0 fully saturated rings. The van der Waals surface area contributed by atoms with E-state index in [4.69, 9.17) is 0 Å². The molecule has 0 amide bonds. The van der Waals surface area contributed by atoms with E-state index in [-0.39, 0.29) is 0 Å². The lowest BCUT2D eigenvalue weighted by atomic mass is 9.95. The second-order valence-corrected chi connectivity index (χ2v) is 4.95. The fraction of sp³-hybridized carbons (Fsp3) is 0.467. The molecule has 1 unspecified atom stereocenters. The summed E-state index contributed by atoms with van der Waals surface area (Å²) in [6.45, 7) is 4.16. The van der Waals surface area contributed by atoms with Gasteiger partial charge in [-0.2, -0.15) is 0 Å². The lowest BCUT2D eigenvalue weighted by Gasteiger charge is -2.16. The Bertz CT molecular complexity index is 478. The highest BCUT2D eigenvalue weighted by Gasteiger charge is 2.12. The standard InChI is InChI=1S/C15H22N4/c1-3-16-11-14(9-13-7-5-4-6-8-13)10-15-12-19(2)18-17-15/h4-8,12,14,16H,3,9-11H2,1-2H3. The summed E-state index contributed by atoms with van der Waals surface area (Å²) in [6, 6.07) is 10.6. The molecular weight excluding hydrogens is 236 g/mol. The molecule has 1 atom stereocenters. The third-order valence-electron chi connectivity index (χ3n) is 3.20. The first-order valence-corrected chi connectivity index (χ1v) is 6.87. The number of nitrogens with one attached hydrogen (secondary N) is 1. The van der Waals surface area contributed by atoms with Crippen molar-refractivity contribution < 1.29 is 0 Å². The lowest BCUT2D eigenvalue weighted by Crippen LogP contribution is -2.25. The number of aromatic nitrogens is 3. The third kappa shape index (κ3) is 4.48. The van der Waals surface area contributed by atoms with Gasteiger partial charge in [0.15, 0.2) is 0 Å². The van der Waals surface area contributed by atoms with Crippen molar-refractivity contribution in [3.05, 3.63) is 47.8 Å². The number of hydrogen-bond donors (Lipinski definition) is 1. The molecule has 4 nitrogen and oxygen atoms in total. The van der Waals surface area contributed by atoms with Crippen molar-refractivity contribution in [1.29, 1.82) is 0 Å². The SMILES string of the molecule is CCNCC(Cc1ccccc1)Cc1cn(C)nn1. The predicted molar refractivity (Wildman–Crippen MR) is 76.9 cm³/mol. The van der Waals surface area contributed by atoms with Crippen molar-refractivity contribution in [2.45, 2.75) is 19.8 Å². The Morgan fingerprint density at radius 1 is 1.21 bits per heavy atom. The van der Waals surface area contributed by atoms with E-state index in [0.717, 1.165) is 31.6 Å². The minimum absolute atomic E-state index is 0.555. The molecule has 0 saturated heterocycles. The Morgan fingerprint density at radius 3 is 2.63 bits per heavy atom. The second-order valence-electron chi connectivity index (χ2n) is 4.95. The maximum absolute atomic E-state index is 4.19. The van der Waals surface area contributed by atoms with Crippen LogP contribution in [-0.4, -0.2) is 28.1 Å². The predicted octanol–water partition coefficient (Wildman–Crippen LogP) is 1.83. The first-order chi connectivity index (χ1) is 9.28. The van der Waals surface area contributed by atoms with Gasteiger partial charge in [-0.3, -0.25) is 4.68 Å². The molecule has 1 heterocycles. The van der Waals surface area contributed by atoms with Crippen LogP contribution >= 0.6 is 0 Å².